The number of hydrogen-bond acceptors (Lipinski definition) is 3. The van der Waals surface area contributed by atoms with Crippen LogP contribution in [0.1, 0.15) is 22.6 Å². The number of rotatable bonds is 2. The normalized spacial score (nSPS) is 16.2. The molecule has 32 heavy (non-hydrogen) atoms. The van der Waals surface area contributed by atoms with Gasteiger partial charge in [-0.2, -0.15) is 13.2 Å². The van der Waals surface area contributed by atoms with Crippen LogP contribution in [0.2, 0.25) is 0 Å². The fourth-order valence-corrected chi connectivity index (χ4v) is 4.42. The lowest BCUT2D eigenvalue weighted by atomic mass is 9.86. The molecule has 0 atom stereocenters. The lowest BCUT2D eigenvalue weighted by Gasteiger charge is -2.39. The summed E-state index contributed by atoms with van der Waals surface area (Å²) in [6.45, 7) is 1.83. The maximum absolute atomic E-state index is 13.6. The molecule has 0 radical (unpaired) electrons. The van der Waals surface area contributed by atoms with Crippen molar-refractivity contribution in [3.05, 3.63) is 89.5 Å². The van der Waals surface area contributed by atoms with Crippen LogP contribution in [-0.2, 0) is 11.0 Å². The summed E-state index contributed by atoms with van der Waals surface area (Å²) in [7, 11) is 0. The smallest absolute Gasteiger partial charge is 0.416 e. The number of piperazine rings is 1. The van der Waals surface area contributed by atoms with Gasteiger partial charge in [-0.05, 0) is 30.3 Å². The molecule has 0 aromatic heterocycles. The molecule has 0 unspecified atom stereocenters. The molecule has 3 aromatic rings. The van der Waals surface area contributed by atoms with Crippen LogP contribution >= 0.6 is 0 Å². The van der Waals surface area contributed by atoms with Gasteiger partial charge in [0.2, 0.25) is 5.91 Å². The van der Waals surface area contributed by atoms with Gasteiger partial charge in [-0.3, -0.25) is 4.79 Å². The highest BCUT2D eigenvalue weighted by Crippen LogP contribution is 2.44. The summed E-state index contributed by atoms with van der Waals surface area (Å²) < 4.78 is 45.2. The Labute approximate surface area is 183 Å². The SMILES string of the molecule is O=C(C1c2ccccc2Oc2ccccc21)N1CCN(c2cccc(C(F)(F)F)c2)CC1. The van der Waals surface area contributed by atoms with E-state index in [4.69, 9.17) is 4.74 Å². The number of benzene rings is 3. The Hall–Kier alpha value is -3.48. The molecule has 0 N–H and O–H groups in total. The average Bonchev–Trinajstić information content (AvgIpc) is 2.82. The zero-order valence-electron chi connectivity index (χ0n) is 17.2. The van der Waals surface area contributed by atoms with Crippen LogP contribution in [-0.4, -0.2) is 37.0 Å². The van der Waals surface area contributed by atoms with E-state index in [1.165, 1.54) is 12.1 Å². The maximum Gasteiger partial charge on any atom is 0.416 e. The van der Waals surface area contributed by atoms with Crippen molar-refractivity contribution >= 4 is 11.6 Å². The van der Waals surface area contributed by atoms with Crippen LogP contribution in [0.5, 0.6) is 11.5 Å². The monoisotopic (exact) mass is 438 g/mol. The van der Waals surface area contributed by atoms with Crippen molar-refractivity contribution in [2.24, 2.45) is 0 Å². The summed E-state index contributed by atoms with van der Waals surface area (Å²) in [5, 5.41) is 0. The van der Waals surface area contributed by atoms with E-state index in [1.807, 2.05) is 53.4 Å². The molecule has 0 bridgehead atoms. The Bertz CT molecular complexity index is 1110. The number of nitrogens with zero attached hydrogens (tertiary/aromatic N) is 2. The zero-order chi connectivity index (χ0) is 22.3. The molecule has 2 aliphatic heterocycles. The Morgan fingerprint density at radius 3 is 2.00 bits per heavy atom. The summed E-state index contributed by atoms with van der Waals surface area (Å²) in [6, 6.07) is 20.4. The topological polar surface area (TPSA) is 32.8 Å². The van der Waals surface area contributed by atoms with E-state index in [1.54, 1.807) is 11.0 Å². The number of ether oxygens (including phenoxy) is 1. The zero-order valence-corrected chi connectivity index (χ0v) is 17.2. The van der Waals surface area contributed by atoms with Gasteiger partial charge in [0.15, 0.2) is 0 Å². The van der Waals surface area contributed by atoms with E-state index in [-0.39, 0.29) is 5.91 Å². The molecule has 4 nitrogen and oxygen atoms in total. The molecule has 5 rings (SSSR count). The minimum atomic E-state index is -4.38. The van der Waals surface area contributed by atoms with Gasteiger partial charge < -0.3 is 14.5 Å². The van der Waals surface area contributed by atoms with Crippen LogP contribution < -0.4 is 9.64 Å². The van der Waals surface area contributed by atoms with Crippen LogP contribution in [0.4, 0.5) is 18.9 Å². The maximum atomic E-state index is 13.6. The average molecular weight is 438 g/mol. The molecule has 0 aliphatic carbocycles. The van der Waals surface area contributed by atoms with Crippen molar-refractivity contribution in [3.8, 4) is 11.5 Å². The molecule has 2 aliphatic rings. The second-order valence-electron chi connectivity index (χ2n) is 7.97. The van der Waals surface area contributed by atoms with Crippen molar-refractivity contribution in [2.75, 3.05) is 31.1 Å². The van der Waals surface area contributed by atoms with E-state index in [0.29, 0.717) is 43.4 Å². The van der Waals surface area contributed by atoms with Gasteiger partial charge in [0.05, 0.1) is 11.5 Å². The third-order valence-corrected chi connectivity index (χ3v) is 6.06. The molecular weight excluding hydrogens is 417 g/mol. The predicted molar refractivity (Wildman–Crippen MR) is 115 cm³/mol. The highest BCUT2D eigenvalue weighted by molar-refractivity contribution is 5.90. The van der Waals surface area contributed by atoms with Gasteiger partial charge in [0.1, 0.15) is 11.5 Å². The number of fused-ring (bicyclic) bond motifs is 2. The number of halogens is 3. The first kappa shape index (κ1) is 20.4. The van der Waals surface area contributed by atoms with Crippen molar-refractivity contribution in [3.63, 3.8) is 0 Å². The number of para-hydroxylation sites is 2. The van der Waals surface area contributed by atoms with Gasteiger partial charge in [-0.15, -0.1) is 0 Å². The number of carbonyl (C=O) groups is 1. The van der Waals surface area contributed by atoms with E-state index in [2.05, 4.69) is 0 Å². The first-order valence-corrected chi connectivity index (χ1v) is 10.5. The Morgan fingerprint density at radius 1 is 0.812 bits per heavy atom. The molecule has 164 valence electrons. The van der Waals surface area contributed by atoms with Crippen molar-refractivity contribution < 1.29 is 22.7 Å². The second-order valence-corrected chi connectivity index (χ2v) is 7.97. The van der Waals surface area contributed by atoms with E-state index in [0.717, 1.165) is 17.2 Å². The number of hydrogen-bond donors (Lipinski definition) is 0. The summed E-state index contributed by atoms with van der Waals surface area (Å²) >= 11 is 0. The number of carbonyl (C=O) groups excluding carboxylic acids is 1. The summed E-state index contributed by atoms with van der Waals surface area (Å²) in [4.78, 5) is 17.3. The summed E-state index contributed by atoms with van der Waals surface area (Å²) in [5.41, 5.74) is 1.52. The molecule has 3 aromatic carbocycles. The van der Waals surface area contributed by atoms with Gasteiger partial charge in [-0.1, -0.05) is 42.5 Å². The first-order valence-electron chi connectivity index (χ1n) is 10.5. The van der Waals surface area contributed by atoms with Crippen LogP contribution in [0.25, 0.3) is 0 Å². The molecule has 1 amide bonds. The predicted octanol–water partition coefficient (Wildman–Crippen LogP) is 5.29. The highest BCUT2D eigenvalue weighted by atomic mass is 19.4. The molecule has 0 spiro atoms. The fraction of sp³-hybridized carbons (Fsp3) is 0.240. The van der Waals surface area contributed by atoms with Crippen LogP contribution in [0.15, 0.2) is 72.8 Å². The first-order chi connectivity index (χ1) is 15.4. The van der Waals surface area contributed by atoms with Gasteiger partial charge in [-0.25, -0.2) is 0 Å². The quantitative estimate of drug-likeness (QED) is 0.545. The van der Waals surface area contributed by atoms with E-state index in [9.17, 15) is 18.0 Å². The third kappa shape index (κ3) is 3.68. The van der Waals surface area contributed by atoms with Crippen molar-refractivity contribution in [2.45, 2.75) is 12.1 Å². The standard InChI is InChI=1S/C25H21F3N2O2/c26-25(27,28)17-6-5-7-18(16-17)29-12-14-30(15-13-29)24(31)23-19-8-1-3-10-21(19)32-22-11-4-2-9-20(22)23/h1-11,16,23H,12-15H2. The Balaban J connectivity index is 1.36. The molecular formula is C25H21F3N2O2. The summed E-state index contributed by atoms with van der Waals surface area (Å²) in [5.74, 6) is 0.868. The minimum absolute atomic E-state index is 0.0168. The van der Waals surface area contributed by atoms with Crippen molar-refractivity contribution in [1.29, 1.82) is 0 Å². The largest absolute Gasteiger partial charge is 0.457 e. The third-order valence-electron chi connectivity index (χ3n) is 6.06. The van der Waals surface area contributed by atoms with Gasteiger partial charge in [0.25, 0.3) is 0 Å². The number of anilines is 1. The lowest BCUT2D eigenvalue weighted by Crippen LogP contribution is -2.50. The van der Waals surface area contributed by atoms with E-state index >= 15 is 0 Å². The molecule has 2 heterocycles. The van der Waals surface area contributed by atoms with Gasteiger partial charge in [0, 0.05) is 43.0 Å². The van der Waals surface area contributed by atoms with Crippen LogP contribution in [0, 0.1) is 0 Å². The number of amides is 1. The van der Waals surface area contributed by atoms with Crippen molar-refractivity contribution in [1.82, 2.24) is 4.90 Å². The van der Waals surface area contributed by atoms with Gasteiger partial charge >= 0.3 is 6.18 Å². The molecule has 1 saturated heterocycles. The molecule has 7 heteroatoms. The van der Waals surface area contributed by atoms with Crippen LogP contribution in [0.3, 0.4) is 0 Å². The lowest BCUT2D eigenvalue weighted by molar-refractivity contribution is -0.137. The molecule has 1 fully saturated rings. The second kappa shape index (κ2) is 7.89. The number of alkyl halides is 3. The fourth-order valence-electron chi connectivity index (χ4n) is 4.42. The highest BCUT2D eigenvalue weighted by Gasteiger charge is 2.36. The Kier molecular flexibility index (Phi) is 5.04. The molecule has 0 saturated carbocycles. The summed E-state index contributed by atoms with van der Waals surface area (Å²) in [6.07, 6.45) is -4.38. The van der Waals surface area contributed by atoms with E-state index < -0.39 is 17.7 Å². The Morgan fingerprint density at radius 2 is 1.41 bits per heavy atom. The minimum Gasteiger partial charge on any atom is -0.457 e.